The largest absolute Gasteiger partial charge is 0.384 e. The van der Waals surface area contributed by atoms with Gasteiger partial charge in [0.2, 0.25) is 0 Å². The first-order valence-electron chi connectivity index (χ1n) is 6.55. The van der Waals surface area contributed by atoms with Crippen molar-refractivity contribution in [2.75, 3.05) is 23.7 Å². The third-order valence-electron chi connectivity index (χ3n) is 2.78. The predicted molar refractivity (Wildman–Crippen MR) is 77.0 cm³/mol. The summed E-state index contributed by atoms with van der Waals surface area (Å²) in [6.07, 6.45) is 4.00. The molecule has 0 amide bonds. The normalized spacial score (nSPS) is 10.3. The molecule has 0 unspecified atom stereocenters. The van der Waals surface area contributed by atoms with Crippen molar-refractivity contribution in [1.29, 1.82) is 0 Å². The second-order valence-electron chi connectivity index (χ2n) is 4.45. The highest BCUT2D eigenvalue weighted by Gasteiger charge is 2.01. The zero-order valence-electron chi connectivity index (χ0n) is 11.3. The zero-order valence-corrected chi connectivity index (χ0v) is 11.3. The van der Waals surface area contributed by atoms with Gasteiger partial charge >= 0.3 is 0 Å². The summed E-state index contributed by atoms with van der Waals surface area (Å²) in [5, 5.41) is 6.35. The lowest BCUT2D eigenvalue weighted by atomic mass is 10.1. The Balaban J connectivity index is 1.90. The molecular formula is C15H17F2N3. The molecule has 1 aromatic carbocycles. The molecule has 106 valence electrons. The number of pyridine rings is 1. The van der Waals surface area contributed by atoms with Gasteiger partial charge < -0.3 is 10.6 Å². The molecule has 3 nitrogen and oxygen atoms in total. The van der Waals surface area contributed by atoms with Crippen LogP contribution in [0.3, 0.4) is 0 Å². The summed E-state index contributed by atoms with van der Waals surface area (Å²) >= 11 is 0. The maximum absolute atomic E-state index is 13.0. The van der Waals surface area contributed by atoms with Gasteiger partial charge in [-0.05, 0) is 37.1 Å². The van der Waals surface area contributed by atoms with Gasteiger partial charge in [-0.2, -0.15) is 0 Å². The third kappa shape index (κ3) is 4.19. The number of halogens is 2. The molecule has 0 saturated heterocycles. The fourth-order valence-corrected chi connectivity index (χ4v) is 1.94. The predicted octanol–water partition coefficient (Wildman–Crippen LogP) is 3.45. The second-order valence-corrected chi connectivity index (χ2v) is 4.45. The van der Waals surface area contributed by atoms with Gasteiger partial charge in [0.15, 0.2) is 0 Å². The number of hydrogen-bond donors (Lipinski definition) is 2. The van der Waals surface area contributed by atoms with Crippen LogP contribution < -0.4 is 10.6 Å². The summed E-state index contributed by atoms with van der Waals surface area (Å²) in [5.41, 5.74) is 2.44. The van der Waals surface area contributed by atoms with E-state index in [2.05, 4.69) is 15.6 Å². The van der Waals surface area contributed by atoms with Crippen LogP contribution in [0.15, 0.2) is 36.7 Å². The summed E-state index contributed by atoms with van der Waals surface area (Å²) in [6.45, 7) is 3.42. The van der Waals surface area contributed by atoms with E-state index >= 15 is 0 Å². The van der Waals surface area contributed by atoms with Crippen LogP contribution in [-0.4, -0.2) is 18.1 Å². The van der Waals surface area contributed by atoms with Gasteiger partial charge in [-0.3, -0.25) is 4.98 Å². The van der Waals surface area contributed by atoms with Crippen molar-refractivity contribution in [3.63, 3.8) is 0 Å². The lowest BCUT2D eigenvalue weighted by Crippen LogP contribution is -2.06. The van der Waals surface area contributed by atoms with E-state index in [1.807, 2.05) is 13.0 Å². The second kappa shape index (κ2) is 6.84. The first-order chi connectivity index (χ1) is 9.67. The zero-order chi connectivity index (χ0) is 14.4. The van der Waals surface area contributed by atoms with E-state index in [1.165, 1.54) is 12.1 Å². The Morgan fingerprint density at radius 1 is 0.950 bits per heavy atom. The SMILES string of the molecule is CCNc1cncc(NCCc2cc(F)cc(F)c2)c1. The molecule has 0 atom stereocenters. The minimum atomic E-state index is -0.546. The van der Waals surface area contributed by atoms with E-state index in [9.17, 15) is 8.78 Å². The molecule has 2 aromatic rings. The van der Waals surface area contributed by atoms with Crippen LogP contribution in [0.1, 0.15) is 12.5 Å². The summed E-state index contributed by atoms with van der Waals surface area (Å²) in [4.78, 5) is 4.11. The smallest absolute Gasteiger partial charge is 0.126 e. The van der Waals surface area contributed by atoms with Gasteiger partial charge in [-0.25, -0.2) is 8.78 Å². The number of nitrogens with zero attached hydrogens (tertiary/aromatic N) is 1. The molecule has 0 aliphatic carbocycles. The number of hydrogen-bond acceptors (Lipinski definition) is 3. The Bertz CT molecular complexity index is 553. The quantitative estimate of drug-likeness (QED) is 0.849. The molecule has 0 radical (unpaired) electrons. The van der Waals surface area contributed by atoms with Crippen LogP contribution in [0.25, 0.3) is 0 Å². The Kier molecular flexibility index (Phi) is 4.87. The highest BCUT2D eigenvalue weighted by atomic mass is 19.1. The highest BCUT2D eigenvalue weighted by molar-refractivity contribution is 5.53. The minimum Gasteiger partial charge on any atom is -0.384 e. The van der Waals surface area contributed by atoms with Gasteiger partial charge in [0.05, 0.1) is 23.8 Å². The lowest BCUT2D eigenvalue weighted by molar-refractivity contribution is 0.580. The molecule has 1 heterocycles. The van der Waals surface area contributed by atoms with Crippen LogP contribution in [0.5, 0.6) is 0 Å². The monoisotopic (exact) mass is 277 g/mol. The van der Waals surface area contributed by atoms with Crippen LogP contribution in [0.4, 0.5) is 20.2 Å². The maximum Gasteiger partial charge on any atom is 0.126 e. The fraction of sp³-hybridized carbons (Fsp3) is 0.267. The first kappa shape index (κ1) is 14.2. The summed E-state index contributed by atoms with van der Waals surface area (Å²) in [5.74, 6) is -1.09. The average molecular weight is 277 g/mol. The molecule has 0 spiro atoms. The van der Waals surface area contributed by atoms with Crippen LogP contribution in [-0.2, 0) is 6.42 Å². The third-order valence-corrected chi connectivity index (χ3v) is 2.78. The van der Waals surface area contributed by atoms with Crippen molar-refractivity contribution in [3.05, 3.63) is 53.9 Å². The molecule has 0 fully saturated rings. The van der Waals surface area contributed by atoms with Gasteiger partial charge in [0.25, 0.3) is 0 Å². The number of benzene rings is 1. The molecule has 2 rings (SSSR count). The average Bonchev–Trinajstić information content (AvgIpc) is 2.38. The molecular weight excluding hydrogens is 260 g/mol. The first-order valence-corrected chi connectivity index (χ1v) is 6.55. The van der Waals surface area contributed by atoms with Crippen molar-refractivity contribution in [2.24, 2.45) is 0 Å². The molecule has 1 aromatic heterocycles. The fourth-order valence-electron chi connectivity index (χ4n) is 1.94. The number of aromatic nitrogens is 1. The Morgan fingerprint density at radius 2 is 1.60 bits per heavy atom. The van der Waals surface area contributed by atoms with Gasteiger partial charge in [0.1, 0.15) is 11.6 Å². The molecule has 0 aliphatic rings. The van der Waals surface area contributed by atoms with Crippen molar-refractivity contribution < 1.29 is 8.78 Å². The van der Waals surface area contributed by atoms with E-state index in [4.69, 9.17) is 0 Å². The maximum atomic E-state index is 13.0. The van der Waals surface area contributed by atoms with Gasteiger partial charge in [-0.1, -0.05) is 0 Å². The van der Waals surface area contributed by atoms with Crippen LogP contribution in [0, 0.1) is 11.6 Å². The Hall–Kier alpha value is -2.17. The number of anilines is 2. The van der Waals surface area contributed by atoms with Crippen molar-refractivity contribution in [2.45, 2.75) is 13.3 Å². The summed E-state index contributed by atoms with van der Waals surface area (Å²) < 4.78 is 26.1. The van der Waals surface area contributed by atoms with Crippen molar-refractivity contribution in [3.8, 4) is 0 Å². The van der Waals surface area contributed by atoms with E-state index in [0.29, 0.717) is 18.5 Å². The molecule has 0 saturated carbocycles. The summed E-state index contributed by atoms with van der Waals surface area (Å²) in [7, 11) is 0. The highest BCUT2D eigenvalue weighted by Crippen LogP contribution is 2.13. The van der Waals surface area contributed by atoms with E-state index in [-0.39, 0.29) is 0 Å². The molecule has 5 heteroatoms. The number of nitrogens with one attached hydrogen (secondary N) is 2. The van der Waals surface area contributed by atoms with E-state index in [0.717, 1.165) is 24.0 Å². The van der Waals surface area contributed by atoms with Crippen molar-refractivity contribution in [1.82, 2.24) is 4.98 Å². The number of rotatable bonds is 6. The molecule has 0 aliphatic heterocycles. The summed E-state index contributed by atoms with van der Waals surface area (Å²) in [6, 6.07) is 5.51. The molecule has 2 N–H and O–H groups in total. The topological polar surface area (TPSA) is 37.0 Å². The molecule has 0 bridgehead atoms. The van der Waals surface area contributed by atoms with Crippen LogP contribution in [0.2, 0.25) is 0 Å². The van der Waals surface area contributed by atoms with Gasteiger partial charge in [0, 0.05) is 19.2 Å². The molecule has 20 heavy (non-hydrogen) atoms. The standard InChI is InChI=1S/C15H17F2N3/c1-2-19-14-8-15(10-18-9-14)20-4-3-11-5-12(16)7-13(17)6-11/h5-10,19-20H,2-4H2,1H3. The van der Waals surface area contributed by atoms with E-state index in [1.54, 1.807) is 12.4 Å². The Labute approximate surface area is 117 Å². The van der Waals surface area contributed by atoms with E-state index < -0.39 is 11.6 Å². The minimum absolute atomic E-state index is 0.542. The lowest BCUT2D eigenvalue weighted by Gasteiger charge is -2.09. The van der Waals surface area contributed by atoms with Crippen molar-refractivity contribution >= 4 is 11.4 Å². The van der Waals surface area contributed by atoms with Crippen LogP contribution >= 0.6 is 0 Å². The van der Waals surface area contributed by atoms with Gasteiger partial charge in [-0.15, -0.1) is 0 Å². The Morgan fingerprint density at radius 3 is 2.25 bits per heavy atom.